The quantitative estimate of drug-likeness (QED) is 0.864. The zero-order valence-corrected chi connectivity index (χ0v) is 12.4. The van der Waals surface area contributed by atoms with E-state index in [2.05, 4.69) is 22.0 Å². The summed E-state index contributed by atoms with van der Waals surface area (Å²) in [6.45, 7) is 2.22. The summed E-state index contributed by atoms with van der Waals surface area (Å²) in [5, 5.41) is 0. The molecular formula is C17H19N3O2. The Morgan fingerprint density at radius 3 is 3.14 bits per heavy atom. The topological polar surface area (TPSA) is 72.4 Å². The minimum absolute atomic E-state index is 0.303. The molecule has 2 aliphatic rings. The van der Waals surface area contributed by atoms with E-state index in [0.29, 0.717) is 28.6 Å². The van der Waals surface area contributed by atoms with Crippen molar-refractivity contribution in [2.75, 3.05) is 13.1 Å². The fraction of sp³-hybridized carbons (Fsp3) is 0.412. The first-order valence-corrected chi connectivity index (χ1v) is 7.82. The molecule has 22 heavy (non-hydrogen) atoms. The lowest BCUT2D eigenvalue weighted by Gasteiger charge is -2.38. The number of nitrogens with zero attached hydrogens (tertiary/aromatic N) is 2. The molecule has 1 aromatic carbocycles. The molecule has 2 N–H and O–H groups in total. The van der Waals surface area contributed by atoms with Gasteiger partial charge in [-0.05, 0) is 37.9 Å². The van der Waals surface area contributed by atoms with E-state index in [1.54, 1.807) is 12.1 Å². The highest BCUT2D eigenvalue weighted by molar-refractivity contribution is 6.03. The summed E-state index contributed by atoms with van der Waals surface area (Å²) in [6.07, 6.45) is 7.78. The Kier molecular flexibility index (Phi) is 3.22. The van der Waals surface area contributed by atoms with Crippen LogP contribution in [0.2, 0.25) is 0 Å². The third kappa shape index (κ3) is 2.22. The number of benzene rings is 1. The lowest BCUT2D eigenvalue weighted by molar-refractivity contribution is 0.100. The maximum absolute atomic E-state index is 11.5. The molecule has 0 radical (unpaired) electrons. The second-order valence-corrected chi connectivity index (χ2v) is 6.11. The molecule has 5 heteroatoms. The van der Waals surface area contributed by atoms with Crippen molar-refractivity contribution in [2.45, 2.75) is 31.2 Å². The molecule has 1 aromatic heterocycles. The number of fused-ring (bicyclic) bond motifs is 2. The second-order valence-electron chi connectivity index (χ2n) is 6.11. The number of primary amides is 1. The largest absolute Gasteiger partial charge is 0.440 e. The predicted molar refractivity (Wildman–Crippen MR) is 83.6 cm³/mol. The molecule has 2 unspecified atom stereocenters. The highest BCUT2D eigenvalue weighted by atomic mass is 16.3. The van der Waals surface area contributed by atoms with Gasteiger partial charge in [-0.15, -0.1) is 0 Å². The third-order valence-corrected chi connectivity index (χ3v) is 4.75. The highest BCUT2D eigenvalue weighted by Gasteiger charge is 2.31. The van der Waals surface area contributed by atoms with Crippen molar-refractivity contribution in [3.63, 3.8) is 0 Å². The molecule has 114 valence electrons. The summed E-state index contributed by atoms with van der Waals surface area (Å²) in [5.41, 5.74) is 7.06. The normalized spacial score (nSPS) is 25.3. The average molecular weight is 297 g/mol. The second kappa shape index (κ2) is 5.25. The van der Waals surface area contributed by atoms with Gasteiger partial charge in [-0.3, -0.25) is 9.69 Å². The number of oxazole rings is 1. The van der Waals surface area contributed by atoms with Crippen LogP contribution in [0, 0.1) is 0 Å². The fourth-order valence-electron chi connectivity index (χ4n) is 3.58. The Labute approximate surface area is 128 Å². The number of para-hydroxylation sites is 1. The first-order chi connectivity index (χ1) is 10.7. The maximum Gasteiger partial charge on any atom is 0.252 e. The molecule has 0 saturated carbocycles. The number of amides is 1. The predicted octanol–water partition coefficient (Wildman–Crippen LogP) is 2.43. The lowest BCUT2D eigenvalue weighted by atomic mass is 9.89. The summed E-state index contributed by atoms with van der Waals surface area (Å²) in [5.74, 6) is 0.567. The van der Waals surface area contributed by atoms with Crippen molar-refractivity contribution in [3.8, 4) is 0 Å². The van der Waals surface area contributed by atoms with Crippen LogP contribution in [0.1, 0.15) is 41.4 Å². The zero-order valence-electron chi connectivity index (χ0n) is 12.4. The van der Waals surface area contributed by atoms with Gasteiger partial charge in [0, 0.05) is 18.5 Å². The van der Waals surface area contributed by atoms with Crippen molar-refractivity contribution in [3.05, 3.63) is 41.8 Å². The minimum Gasteiger partial charge on any atom is -0.440 e. The Hall–Kier alpha value is -2.14. The van der Waals surface area contributed by atoms with Crippen LogP contribution in [-0.4, -0.2) is 34.9 Å². The monoisotopic (exact) mass is 297 g/mol. The average Bonchev–Trinajstić information content (AvgIpc) is 2.98. The van der Waals surface area contributed by atoms with Gasteiger partial charge >= 0.3 is 0 Å². The molecule has 0 spiro atoms. The summed E-state index contributed by atoms with van der Waals surface area (Å²) in [7, 11) is 0. The van der Waals surface area contributed by atoms with Gasteiger partial charge in [0.1, 0.15) is 5.52 Å². The van der Waals surface area contributed by atoms with Crippen molar-refractivity contribution < 1.29 is 9.21 Å². The molecule has 5 nitrogen and oxygen atoms in total. The number of piperidine rings is 1. The summed E-state index contributed by atoms with van der Waals surface area (Å²) in [6, 6.07) is 5.83. The van der Waals surface area contributed by atoms with E-state index in [1.807, 2.05) is 6.07 Å². The van der Waals surface area contributed by atoms with Crippen molar-refractivity contribution in [1.29, 1.82) is 0 Å². The van der Waals surface area contributed by atoms with Crippen molar-refractivity contribution in [1.82, 2.24) is 9.88 Å². The number of hydrogen-bond donors (Lipinski definition) is 1. The van der Waals surface area contributed by atoms with Crippen LogP contribution < -0.4 is 5.73 Å². The Bertz CT molecular complexity index is 749. The summed E-state index contributed by atoms with van der Waals surface area (Å²) >= 11 is 0. The van der Waals surface area contributed by atoms with Crippen LogP contribution in [0.15, 0.2) is 34.8 Å². The van der Waals surface area contributed by atoms with Gasteiger partial charge in [0.05, 0.1) is 5.56 Å². The van der Waals surface area contributed by atoms with Crippen LogP contribution in [0.25, 0.3) is 11.1 Å². The lowest BCUT2D eigenvalue weighted by Crippen LogP contribution is -2.42. The first kappa shape index (κ1) is 13.5. The molecule has 1 fully saturated rings. The number of nitrogens with two attached hydrogens (primary N) is 1. The molecule has 0 aliphatic carbocycles. The number of carbonyl (C=O) groups excluding carboxylic acids is 1. The van der Waals surface area contributed by atoms with Crippen LogP contribution in [0.3, 0.4) is 0 Å². The van der Waals surface area contributed by atoms with E-state index in [4.69, 9.17) is 10.2 Å². The zero-order chi connectivity index (χ0) is 15.1. The molecule has 2 aromatic rings. The maximum atomic E-state index is 11.5. The van der Waals surface area contributed by atoms with Crippen molar-refractivity contribution >= 4 is 17.0 Å². The molecule has 1 amide bonds. The van der Waals surface area contributed by atoms with Crippen molar-refractivity contribution in [2.24, 2.45) is 5.73 Å². The summed E-state index contributed by atoms with van der Waals surface area (Å²) in [4.78, 5) is 18.6. The van der Waals surface area contributed by atoms with Gasteiger partial charge in [0.15, 0.2) is 11.5 Å². The van der Waals surface area contributed by atoms with E-state index in [0.717, 1.165) is 38.2 Å². The Morgan fingerprint density at radius 1 is 1.36 bits per heavy atom. The minimum atomic E-state index is -0.474. The van der Waals surface area contributed by atoms with Gasteiger partial charge in [-0.2, -0.15) is 0 Å². The third-order valence-electron chi connectivity index (χ3n) is 4.75. The van der Waals surface area contributed by atoms with E-state index in [1.165, 1.54) is 0 Å². The SMILES string of the molecule is NC(=O)c1cccc2nc(C3CCN4CCC=CC4C3)oc12. The van der Waals surface area contributed by atoms with Crippen LogP contribution >= 0.6 is 0 Å². The van der Waals surface area contributed by atoms with E-state index < -0.39 is 5.91 Å². The first-order valence-electron chi connectivity index (χ1n) is 7.82. The highest BCUT2D eigenvalue weighted by Crippen LogP contribution is 2.35. The number of carbonyl (C=O) groups is 1. The summed E-state index contributed by atoms with van der Waals surface area (Å²) < 4.78 is 5.93. The van der Waals surface area contributed by atoms with E-state index in [9.17, 15) is 4.79 Å². The molecule has 4 rings (SSSR count). The van der Waals surface area contributed by atoms with Gasteiger partial charge in [-0.25, -0.2) is 4.98 Å². The van der Waals surface area contributed by atoms with Gasteiger partial charge in [0.25, 0.3) is 5.91 Å². The molecule has 3 heterocycles. The molecule has 2 atom stereocenters. The van der Waals surface area contributed by atoms with Gasteiger partial charge in [0.2, 0.25) is 0 Å². The number of aromatic nitrogens is 1. The molecule has 0 bridgehead atoms. The van der Waals surface area contributed by atoms with Crippen LogP contribution in [0.4, 0.5) is 0 Å². The van der Waals surface area contributed by atoms with Crippen LogP contribution in [0.5, 0.6) is 0 Å². The Morgan fingerprint density at radius 2 is 2.27 bits per heavy atom. The van der Waals surface area contributed by atoms with Gasteiger partial charge in [-0.1, -0.05) is 18.2 Å². The number of rotatable bonds is 2. The van der Waals surface area contributed by atoms with E-state index in [-0.39, 0.29) is 0 Å². The number of hydrogen-bond acceptors (Lipinski definition) is 4. The molecule has 1 saturated heterocycles. The standard InChI is InChI=1S/C17H19N3O2/c18-16(21)13-5-3-6-14-15(13)22-17(19-14)11-7-9-20-8-2-1-4-12(20)10-11/h1,3-6,11-12H,2,7-10H2,(H2,18,21). The Balaban J connectivity index is 1.67. The fourth-order valence-corrected chi connectivity index (χ4v) is 3.58. The van der Waals surface area contributed by atoms with E-state index >= 15 is 0 Å². The molecular weight excluding hydrogens is 278 g/mol. The molecule has 2 aliphatic heterocycles. The van der Waals surface area contributed by atoms with Crippen LogP contribution in [-0.2, 0) is 0 Å². The smallest absolute Gasteiger partial charge is 0.252 e. The van der Waals surface area contributed by atoms with Gasteiger partial charge < -0.3 is 10.2 Å².